The molecule has 0 nitrogen and oxygen atoms in total. The first-order valence-electron chi connectivity index (χ1n) is 3.91. The maximum absolute atomic E-state index is 2.40. The summed E-state index contributed by atoms with van der Waals surface area (Å²) in [6, 6.07) is 0. The van der Waals surface area contributed by atoms with E-state index < -0.39 is 0 Å². The van der Waals surface area contributed by atoms with E-state index in [0.717, 1.165) is 0 Å². The maximum atomic E-state index is 2.40. The zero-order valence-corrected chi connectivity index (χ0v) is 7.26. The van der Waals surface area contributed by atoms with Crippen LogP contribution in [0.25, 0.3) is 0 Å². The average molecular weight is 144 g/mol. The minimum Gasteiger partial charge on any atom is -0.155 e. The molecular formula is C8H16S. The molecule has 1 aliphatic rings. The predicted molar refractivity (Wildman–Crippen MR) is 45.0 cm³/mol. The first-order chi connectivity index (χ1) is 4.27. The molecule has 0 aromatic carbocycles. The molecule has 1 rings (SSSR count). The molecule has 0 N–H and O–H groups in total. The Morgan fingerprint density at radius 1 is 1.44 bits per heavy atom. The SMILES string of the molecule is CC[C@]1(C)CCCCS1. The van der Waals surface area contributed by atoms with Crippen molar-refractivity contribution < 1.29 is 0 Å². The van der Waals surface area contributed by atoms with Gasteiger partial charge >= 0.3 is 0 Å². The Morgan fingerprint density at radius 3 is 2.56 bits per heavy atom. The second-order valence-electron chi connectivity index (χ2n) is 3.11. The number of hydrogen-bond donors (Lipinski definition) is 0. The van der Waals surface area contributed by atoms with E-state index in [1.54, 1.807) is 0 Å². The highest BCUT2D eigenvalue weighted by atomic mass is 32.2. The second-order valence-corrected chi connectivity index (χ2v) is 4.79. The van der Waals surface area contributed by atoms with Crippen LogP contribution in [0.4, 0.5) is 0 Å². The summed E-state index contributed by atoms with van der Waals surface area (Å²) in [5, 5.41) is 0. The van der Waals surface area contributed by atoms with Crippen molar-refractivity contribution >= 4 is 11.8 Å². The number of thioether (sulfide) groups is 1. The summed E-state index contributed by atoms with van der Waals surface area (Å²) in [6.45, 7) is 4.70. The Bertz CT molecular complexity index is 82.6. The Morgan fingerprint density at radius 2 is 2.22 bits per heavy atom. The van der Waals surface area contributed by atoms with Crippen molar-refractivity contribution in [3.63, 3.8) is 0 Å². The molecule has 1 fully saturated rings. The van der Waals surface area contributed by atoms with E-state index in [-0.39, 0.29) is 0 Å². The monoisotopic (exact) mass is 144 g/mol. The summed E-state index contributed by atoms with van der Waals surface area (Å²) in [7, 11) is 0. The molecule has 0 aliphatic carbocycles. The molecule has 0 radical (unpaired) electrons. The van der Waals surface area contributed by atoms with E-state index in [1.165, 1.54) is 31.4 Å². The van der Waals surface area contributed by atoms with Gasteiger partial charge in [-0.2, -0.15) is 11.8 Å². The van der Waals surface area contributed by atoms with Crippen LogP contribution in [0.2, 0.25) is 0 Å². The van der Waals surface area contributed by atoms with Crippen LogP contribution >= 0.6 is 11.8 Å². The van der Waals surface area contributed by atoms with Gasteiger partial charge in [-0.1, -0.05) is 20.3 Å². The van der Waals surface area contributed by atoms with Gasteiger partial charge in [-0.25, -0.2) is 0 Å². The Hall–Kier alpha value is 0.350. The van der Waals surface area contributed by atoms with Crippen LogP contribution in [-0.4, -0.2) is 10.5 Å². The van der Waals surface area contributed by atoms with Crippen molar-refractivity contribution in [2.24, 2.45) is 0 Å². The van der Waals surface area contributed by atoms with Crippen molar-refractivity contribution in [1.29, 1.82) is 0 Å². The van der Waals surface area contributed by atoms with Crippen molar-refractivity contribution in [3.8, 4) is 0 Å². The van der Waals surface area contributed by atoms with Crippen molar-refractivity contribution in [2.45, 2.75) is 44.3 Å². The molecule has 0 aromatic rings. The van der Waals surface area contributed by atoms with Gasteiger partial charge in [0.05, 0.1) is 0 Å². The molecule has 0 spiro atoms. The van der Waals surface area contributed by atoms with Crippen LogP contribution in [0.5, 0.6) is 0 Å². The molecular weight excluding hydrogens is 128 g/mol. The summed E-state index contributed by atoms with van der Waals surface area (Å²) in [6.07, 6.45) is 5.68. The molecule has 0 aromatic heterocycles. The lowest BCUT2D eigenvalue weighted by molar-refractivity contribution is 0.522. The van der Waals surface area contributed by atoms with Crippen molar-refractivity contribution in [1.82, 2.24) is 0 Å². The maximum Gasteiger partial charge on any atom is 0.0129 e. The van der Waals surface area contributed by atoms with Crippen LogP contribution in [0.15, 0.2) is 0 Å². The fourth-order valence-corrected chi connectivity index (χ4v) is 2.60. The van der Waals surface area contributed by atoms with E-state index >= 15 is 0 Å². The Balaban J connectivity index is 2.37. The summed E-state index contributed by atoms with van der Waals surface area (Å²) in [4.78, 5) is 0. The van der Waals surface area contributed by atoms with Crippen LogP contribution in [-0.2, 0) is 0 Å². The van der Waals surface area contributed by atoms with Gasteiger partial charge in [0.2, 0.25) is 0 Å². The third-order valence-electron chi connectivity index (χ3n) is 2.30. The highest BCUT2D eigenvalue weighted by Gasteiger charge is 2.24. The molecule has 0 bridgehead atoms. The molecule has 1 heteroatoms. The quantitative estimate of drug-likeness (QED) is 0.545. The molecule has 1 aliphatic heterocycles. The minimum atomic E-state index is 0.637. The fourth-order valence-electron chi connectivity index (χ4n) is 1.27. The highest BCUT2D eigenvalue weighted by Crippen LogP contribution is 2.38. The Kier molecular flexibility index (Phi) is 2.45. The van der Waals surface area contributed by atoms with Gasteiger partial charge in [-0.3, -0.25) is 0 Å². The van der Waals surface area contributed by atoms with Crippen LogP contribution in [0.1, 0.15) is 39.5 Å². The number of hydrogen-bond acceptors (Lipinski definition) is 1. The first kappa shape index (κ1) is 7.46. The van der Waals surface area contributed by atoms with E-state index in [9.17, 15) is 0 Å². The highest BCUT2D eigenvalue weighted by molar-refractivity contribution is 8.00. The summed E-state index contributed by atoms with van der Waals surface area (Å²) < 4.78 is 0.637. The van der Waals surface area contributed by atoms with Crippen LogP contribution in [0, 0.1) is 0 Å². The molecule has 0 unspecified atom stereocenters. The predicted octanol–water partition coefficient (Wildman–Crippen LogP) is 3.07. The van der Waals surface area contributed by atoms with Crippen molar-refractivity contribution in [3.05, 3.63) is 0 Å². The number of rotatable bonds is 1. The molecule has 0 saturated carbocycles. The largest absolute Gasteiger partial charge is 0.155 e. The standard InChI is InChI=1S/C8H16S/c1-3-8(2)6-4-5-7-9-8/h3-7H2,1-2H3/t8-/m1/s1. The van der Waals surface area contributed by atoms with E-state index in [4.69, 9.17) is 0 Å². The van der Waals surface area contributed by atoms with Crippen molar-refractivity contribution in [2.75, 3.05) is 5.75 Å². The van der Waals surface area contributed by atoms with E-state index in [1.807, 2.05) is 0 Å². The van der Waals surface area contributed by atoms with Gasteiger partial charge in [-0.05, 0) is 25.0 Å². The van der Waals surface area contributed by atoms with E-state index in [0.29, 0.717) is 4.75 Å². The fraction of sp³-hybridized carbons (Fsp3) is 1.00. The third-order valence-corrected chi connectivity index (χ3v) is 3.98. The van der Waals surface area contributed by atoms with Gasteiger partial charge in [0.25, 0.3) is 0 Å². The average Bonchev–Trinajstić information content (AvgIpc) is 1.90. The second kappa shape index (κ2) is 2.96. The first-order valence-corrected chi connectivity index (χ1v) is 4.89. The normalized spacial score (nSPS) is 36.7. The Labute approximate surface area is 62.4 Å². The lowest BCUT2D eigenvalue weighted by Gasteiger charge is -2.31. The molecule has 1 atom stereocenters. The lowest BCUT2D eigenvalue weighted by atomic mass is 10.0. The van der Waals surface area contributed by atoms with Gasteiger partial charge in [-0.15, -0.1) is 0 Å². The zero-order chi connectivity index (χ0) is 6.74. The summed E-state index contributed by atoms with van der Waals surface area (Å²) in [5.74, 6) is 1.39. The molecule has 0 amide bonds. The van der Waals surface area contributed by atoms with Gasteiger partial charge in [0.15, 0.2) is 0 Å². The van der Waals surface area contributed by atoms with Gasteiger partial charge < -0.3 is 0 Å². The summed E-state index contributed by atoms with van der Waals surface area (Å²) in [5.41, 5.74) is 0. The molecule has 9 heavy (non-hydrogen) atoms. The van der Waals surface area contributed by atoms with Gasteiger partial charge in [0.1, 0.15) is 0 Å². The molecule has 1 heterocycles. The van der Waals surface area contributed by atoms with Crippen LogP contribution < -0.4 is 0 Å². The summed E-state index contributed by atoms with van der Waals surface area (Å²) >= 11 is 2.17. The molecule has 54 valence electrons. The molecule has 1 saturated heterocycles. The van der Waals surface area contributed by atoms with E-state index in [2.05, 4.69) is 25.6 Å². The zero-order valence-electron chi connectivity index (χ0n) is 6.44. The smallest absolute Gasteiger partial charge is 0.0129 e. The van der Waals surface area contributed by atoms with Gasteiger partial charge in [0, 0.05) is 4.75 Å². The topological polar surface area (TPSA) is 0 Å². The third kappa shape index (κ3) is 1.89. The van der Waals surface area contributed by atoms with Crippen LogP contribution in [0.3, 0.4) is 0 Å². The minimum absolute atomic E-state index is 0.637. The lowest BCUT2D eigenvalue weighted by Crippen LogP contribution is -2.22.